The van der Waals surface area contributed by atoms with Gasteiger partial charge in [-0.3, -0.25) is 10.1 Å². The fourth-order valence-corrected chi connectivity index (χ4v) is 2.44. The summed E-state index contributed by atoms with van der Waals surface area (Å²) in [6, 6.07) is 7.86. The van der Waals surface area contributed by atoms with Crippen LogP contribution in [-0.2, 0) is 5.75 Å². The molecule has 0 saturated heterocycles. The highest BCUT2D eigenvalue weighted by Gasteiger charge is 2.07. The fourth-order valence-electron chi connectivity index (χ4n) is 1.39. The molecule has 0 aliphatic heterocycles. The lowest BCUT2D eigenvalue weighted by molar-refractivity contribution is -0.384. The van der Waals surface area contributed by atoms with Crippen molar-refractivity contribution in [1.29, 1.82) is 0 Å². The molecule has 0 spiro atoms. The van der Waals surface area contributed by atoms with Crippen LogP contribution in [0.25, 0.3) is 0 Å². The first-order valence-electron chi connectivity index (χ1n) is 5.21. The number of nitro groups is 1. The molecule has 0 unspecified atom stereocenters. The highest BCUT2D eigenvalue weighted by molar-refractivity contribution is 7.98. The van der Waals surface area contributed by atoms with E-state index >= 15 is 0 Å². The van der Waals surface area contributed by atoms with Crippen molar-refractivity contribution in [2.24, 2.45) is 0 Å². The van der Waals surface area contributed by atoms with E-state index in [9.17, 15) is 10.1 Å². The fraction of sp³-hybridized carbons (Fsp3) is 0.0909. The van der Waals surface area contributed by atoms with Crippen molar-refractivity contribution in [3.05, 3.63) is 51.2 Å². The van der Waals surface area contributed by atoms with E-state index in [0.717, 1.165) is 5.56 Å². The van der Waals surface area contributed by atoms with E-state index in [-0.39, 0.29) is 10.8 Å². The van der Waals surface area contributed by atoms with Crippen LogP contribution in [0.4, 0.5) is 11.5 Å². The normalized spacial score (nSPS) is 10.4. The van der Waals surface area contributed by atoms with Crippen LogP contribution in [-0.4, -0.2) is 14.9 Å². The second kappa shape index (κ2) is 5.85. The van der Waals surface area contributed by atoms with Gasteiger partial charge in [0.25, 0.3) is 5.69 Å². The molecular weight excluding hydrogens is 288 g/mol. The molecule has 6 nitrogen and oxygen atoms in total. The van der Waals surface area contributed by atoms with Crippen LogP contribution in [0.1, 0.15) is 5.56 Å². The molecule has 1 aromatic heterocycles. The second-order valence-corrected chi connectivity index (χ2v) is 4.94. The Labute approximate surface area is 118 Å². The van der Waals surface area contributed by atoms with Gasteiger partial charge in [-0.2, -0.15) is 0 Å². The maximum absolute atomic E-state index is 10.7. The van der Waals surface area contributed by atoms with E-state index in [0.29, 0.717) is 16.7 Å². The molecule has 2 rings (SSSR count). The average Bonchev–Trinajstić information content (AvgIpc) is 2.35. The van der Waals surface area contributed by atoms with Crippen molar-refractivity contribution in [3.8, 4) is 0 Å². The molecule has 0 fully saturated rings. The third kappa shape index (κ3) is 3.80. The monoisotopic (exact) mass is 296 g/mol. The molecule has 0 saturated carbocycles. The molecular formula is C11H9ClN4O2S. The number of anilines is 1. The first kappa shape index (κ1) is 13.6. The standard InChI is InChI=1S/C11H9ClN4O2S/c12-9-5-10(13)15-11(14-9)19-6-7-2-1-3-8(4-7)16(17)18/h1-5H,6H2,(H2,13,14,15). The van der Waals surface area contributed by atoms with E-state index in [4.69, 9.17) is 17.3 Å². The summed E-state index contributed by atoms with van der Waals surface area (Å²) in [6.07, 6.45) is 0. The Morgan fingerprint density at radius 3 is 2.84 bits per heavy atom. The van der Waals surface area contributed by atoms with E-state index < -0.39 is 4.92 Å². The maximum atomic E-state index is 10.7. The third-order valence-electron chi connectivity index (χ3n) is 2.18. The van der Waals surface area contributed by atoms with Crippen LogP contribution in [0.15, 0.2) is 35.5 Å². The largest absolute Gasteiger partial charge is 0.384 e. The number of hydrogen-bond donors (Lipinski definition) is 1. The van der Waals surface area contributed by atoms with Crippen molar-refractivity contribution in [3.63, 3.8) is 0 Å². The third-order valence-corrected chi connectivity index (χ3v) is 3.30. The Morgan fingerprint density at radius 1 is 1.37 bits per heavy atom. The van der Waals surface area contributed by atoms with Crippen molar-refractivity contribution in [1.82, 2.24) is 9.97 Å². The molecule has 2 N–H and O–H groups in total. The minimum Gasteiger partial charge on any atom is -0.384 e. The Bertz CT molecular complexity index is 603. The first-order chi connectivity index (χ1) is 9.04. The van der Waals surface area contributed by atoms with E-state index in [2.05, 4.69) is 9.97 Å². The highest BCUT2D eigenvalue weighted by atomic mass is 35.5. The van der Waals surface area contributed by atoms with Gasteiger partial charge in [0, 0.05) is 24.0 Å². The Kier molecular flexibility index (Phi) is 4.18. The number of benzene rings is 1. The lowest BCUT2D eigenvalue weighted by atomic mass is 10.2. The van der Waals surface area contributed by atoms with Gasteiger partial charge in [-0.25, -0.2) is 9.97 Å². The predicted molar refractivity (Wildman–Crippen MR) is 74.1 cm³/mol. The molecule has 8 heteroatoms. The molecule has 98 valence electrons. The number of nitro benzene ring substituents is 1. The molecule has 2 aromatic rings. The van der Waals surface area contributed by atoms with Gasteiger partial charge in [0.15, 0.2) is 5.16 Å². The molecule has 1 heterocycles. The van der Waals surface area contributed by atoms with Gasteiger partial charge in [0.2, 0.25) is 0 Å². The highest BCUT2D eigenvalue weighted by Crippen LogP contribution is 2.23. The smallest absolute Gasteiger partial charge is 0.269 e. The van der Waals surface area contributed by atoms with Crippen LogP contribution in [0.3, 0.4) is 0 Å². The van der Waals surface area contributed by atoms with Gasteiger partial charge < -0.3 is 5.73 Å². The summed E-state index contributed by atoms with van der Waals surface area (Å²) < 4.78 is 0. The van der Waals surface area contributed by atoms with Gasteiger partial charge >= 0.3 is 0 Å². The van der Waals surface area contributed by atoms with Crippen LogP contribution >= 0.6 is 23.4 Å². The number of halogens is 1. The number of nitrogens with zero attached hydrogens (tertiary/aromatic N) is 3. The zero-order valence-electron chi connectivity index (χ0n) is 9.62. The lowest BCUT2D eigenvalue weighted by Crippen LogP contribution is -1.95. The molecule has 19 heavy (non-hydrogen) atoms. The maximum Gasteiger partial charge on any atom is 0.269 e. The number of hydrogen-bond acceptors (Lipinski definition) is 6. The van der Waals surface area contributed by atoms with Crippen LogP contribution < -0.4 is 5.73 Å². The number of thioether (sulfide) groups is 1. The number of nitrogens with two attached hydrogens (primary N) is 1. The van der Waals surface area contributed by atoms with Gasteiger partial charge in [-0.1, -0.05) is 35.5 Å². The summed E-state index contributed by atoms with van der Waals surface area (Å²) >= 11 is 7.08. The summed E-state index contributed by atoms with van der Waals surface area (Å²) in [5.74, 6) is 0.795. The van der Waals surface area contributed by atoms with Crippen LogP contribution in [0.2, 0.25) is 5.15 Å². The van der Waals surface area contributed by atoms with Crippen molar-refractivity contribution in [2.75, 3.05) is 5.73 Å². The SMILES string of the molecule is Nc1cc(Cl)nc(SCc2cccc([N+](=O)[O-])c2)n1. The molecule has 0 amide bonds. The van der Waals surface area contributed by atoms with E-state index in [1.54, 1.807) is 12.1 Å². The molecule has 0 aliphatic rings. The Balaban J connectivity index is 2.10. The molecule has 0 radical (unpaired) electrons. The number of aromatic nitrogens is 2. The first-order valence-corrected chi connectivity index (χ1v) is 6.57. The molecule has 0 aliphatic carbocycles. The van der Waals surface area contributed by atoms with Crippen LogP contribution in [0.5, 0.6) is 0 Å². The molecule has 0 bridgehead atoms. The summed E-state index contributed by atoms with van der Waals surface area (Å²) in [5.41, 5.74) is 6.42. The minimum absolute atomic E-state index is 0.0598. The molecule has 0 atom stereocenters. The summed E-state index contributed by atoms with van der Waals surface area (Å²) in [5, 5.41) is 11.4. The van der Waals surface area contributed by atoms with Crippen molar-refractivity contribution >= 4 is 34.9 Å². The molecule has 1 aromatic carbocycles. The van der Waals surface area contributed by atoms with E-state index in [1.807, 2.05) is 0 Å². The topological polar surface area (TPSA) is 94.9 Å². The summed E-state index contributed by atoms with van der Waals surface area (Å²) in [4.78, 5) is 18.3. The Hall–Kier alpha value is -1.86. The average molecular weight is 297 g/mol. The van der Waals surface area contributed by atoms with Gasteiger partial charge in [-0.05, 0) is 5.56 Å². The quantitative estimate of drug-likeness (QED) is 0.306. The lowest BCUT2D eigenvalue weighted by Gasteiger charge is -2.02. The number of non-ortho nitro benzene ring substituents is 1. The summed E-state index contributed by atoms with van der Waals surface area (Å²) in [6.45, 7) is 0. The van der Waals surface area contributed by atoms with Gasteiger partial charge in [0.1, 0.15) is 11.0 Å². The number of rotatable bonds is 4. The van der Waals surface area contributed by atoms with Gasteiger partial charge in [0.05, 0.1) is 4.92 Å². The number of nitrogen functional groups attached to an aromatic ring is 1. The summed E-state index contributed by atoms with van der Waals surface area (Å²) in [7, 11) is 0. The predicted octanol–water partition coefficient (Wildman–Crippen LogP) is 2.91. The van der Waals surface area contributed by atoms with E-state index in [1.165, 1.54) is 30.0 Å². The minimum atomic E-state index is -0.429. The van der Waals surface area contributed by atoms with Crippen molar-refractivity contribution < 1.29 is 4.92 Å². The zero-order valence-corrected chi connectivity index (χ0v) is 11.2. The van der Waals surface area contributed by atoms with Crippen molar-refractivity contribution in [2.45, 2.75) is 10.9 Å². The van der Waals surface area contributed by atoms with Crippen LogP contribution in [0, 0.1) is 10.1 Å². The second-order valence-electron chi connectivity index (χ2n) is 3.61. The zero-order chi connectivity index (χ0) is 13.8. The Morgan fingerprint density at radius 2 is 2.16 bits per heavy atom. The van der Waals surface area contributed by atoms with Gasteiger partial charge in [-0.15, -0.1) is 0 Å².